The van der Waals surface area contributed by atoms with Crippen LogP contribution in [0.2, 0.25) is 0 Å². The first kappa shape index (κ1) is 32.3. The van der Waals surface area contributed by atoms with E-state index in [-0.39, 0.29) is 58.1 Å². The Bertz CT molecular complexity index is 650. The van der Waals surface area contributed by atoms with Crippen LogP contribution in [0.15, 0.2) is 0 Å². The fraction of sp³-hybridized carbons (Fsp3) is 0.966. The molecule has 35 heavy (non-hydrogen) atoms. The molecule has 0 aromatic heterocycles. The van der Waals surface area contributed by atoms with Crippen LogP contribution in [0.3, 0.4) is 0 Å². The van der Waals surface area contributed by atoms with E-state index in [4.69, 9.17) is 9.47 Å². The number of hydrogen-bond donors (Lipinski definition) is 3. The zero-order valence-corrected chi connectivity index (χ0v) is 24.8. The summed E-state index contributed by atoms with van der Waals surface area (Å²) in [7, 11) is 0. The Balaban J connectivity index is 0.000000365. The lowest BCUT2D eigenvalue weighted by Crippen LogP contribution is -2.37. The number of carbonyl (C=O) groups excluding carboxylic acids is 1. The van der Waals surface area contributed by atoms with Gasteiger partial charge in [-0.15, -0.1) is 0 Å². The van der Waals surface area contributed by atoms with Crippen molar-refractivity contribution < 1.29 is 24.5 Å². The van der Waals surface area contributed by atoms with Crippen molar-refractivity contribution in [3.05, 3.63) is 0 Å². The van der Waals surface area contributed by atoms with Crippen molar-refractivity contribution >= 4 is 5.91 Å². The summed E-state index contributed by atoms with van der Waals surface area (Å²) in [6, 6.07) is 0. The molecule has 6 heteroatoms. The van der Waals surface area contributed by atoms with Crippen molar-refractivity contribution in [1.82, 2.24) is 5.32 Å². The molecule has 3 N–H and O–H groups in total. The number of carbonyl (C=O) groups is 1. The summed E-state index contributed by atoms with van der Waals surface area (Å²) in [5.41, 5.74) is 0.538. The van der Waals surface area contributed by atoms with Crippen LogP contribution in [-0.2, 0) is 14.3 Å². The molecule has 2 aliphatic rings. The second-order valence-corrected chi connectivity index (χ2v) is 15.3. The first-order chi connectivity index (χ1) is 15.6. The molecule has 0 spiro atoms. The van der Waals surface area contributed by atoms with Crippen LogP contribution in [0.5, 0.6) is 0 Å². The SMILES string of the molecule is CC(C)(C)CC1OC(C(C)(C)C)CC1O.CC(C)(C)CCC(=O)NCC1OC(C(C)(C)C)CC1O. The van der Waals surface area contributed by atoms with Crippen molar-refractivity contribution in [2.45, 2.75) is 152 Å². The Morgan fingerprint density at radius 3 is 1.54 bits per heavy atom. The highest BCUT2D eigenvalue weighted by Crippen LogP contribution is 2.37. The molecular formula is C29H57NO5. The van der Waals surface area contributed by atoms with Crippen molar-refractivity contribution in [2.75, 3.05) is 6.54 Å². The number of rotatable bonds is 5. The molecule has 0 aromatic carbocycles. The van der Waals surface area contributed by atoms with Crippen molar-refractivity contribution in [1.29, 1.82) is 0 Å². The average molecular weight is 500 g/mol. The molecule has 0 aliphatic carbocycles. The highest BCUT2D eigenvalue weighted by Gasteiger charge is 2.41. The molecule has 2 aliphatic heterocycles. The molecular weight excluding hydrogens is 442 g/mol. The molecule has 6 unspecified atom stereocenters. The smallest absolute Gasteiger partial charge is 0.220 e. The van der Waals surface area contributed by atoms with E-state index in [9.17, 15) is 15.0 Å². The number of amides is 1. The van der Waals surface area contributed by atoms with Gasteiger partial charge in [0.1, 0.15) is 6.10 Å². The van der Waals surface area contributed by atoms with E-state index >= 15 is 0 Å². The second-order valence-electron chi connectivity index (χ2n) is 15.3. The van der Waals surface area contributed by atoms with E-state index in [0.717, 1.165) is 19.3 Å². The molecule has 0 bridgehead atoms. The molecule has 1 amide bonds. The average Bonchev–Trinajstić information content (AvgIpc) is 3.19. The molecule has 2 fully saturated rings. The van der Waals surface area contributed by atoms with Crippen LogP contribution in [0.1, 0.15) is 115 Å². The minimum atomic E-state index is -0.484. The predicted octanol–water partition coefficient (Wildman–Crippen LogP) is 5.48. The molecule has 0 saturated carbocycles. The quantitative estimate of drug-likeness (QED) is 0.466. The van der Waals surface area contributed by atoms with E-state index in [1.807, 2.05) is 0 Å². The Morgan fingerprint density at radius 2 is 1.17 bits per heavy atom. The summed E-state index contributed by atoms with van der Waals surface area (Å²) in [4.78, 5) is 11.8. The zero-order chi connectivity index (χ0) is 27.4. The van der Waals surface area contributed by atoms with Gasteiger partial charge >= 0.3 is 0 Å². The highest BCUT2D eigenvalue weighted by molar-refractivity contribution is 5.75. The summed E-state index contributed by atoms with van der Waals surface area (Å²) < 4.78 is 11.8. The van der Waals surface area contributed by atoms with E-state index in [1.54, 1.807) is 0 Å². The van der Waals surface area contributed by atoms with Gasteiger partial charge in [0.15, 0.2) is 0 Å². The summed E-state index contributed by atoms with van der Waals surface area (Å²) >= 11 is 0. The molecule has 2 rings (SSSR count). The number of aliphatic hydroxyl groups excluding tert-OH is 2. The Morgan fingerprint density at radius 1 is 0.743 bits per heavy atom. The van der Waals surface area contributed by atoms with Gasteiger partial charge in [-0.1, -0.05) is 83.1 Å². The first-order valence-electron chi connectivity index (χ1n) is 13.5. The van der Waals surface area contributed by atoms with Crippen LogP contribution >= 0.6 is 0 Å². The van der Waals surface area contributed by atoms with Crippen molar-refractivity contribution in [3.63, 3.8) is 0 Å². The lowest BCUT2D eigenvalue weighted by molar-refractivity contribution is -0.122. The molecule has 2 saturated heterocycles. The summed E-state index contributed by atoms with van der Waals surface area (Å²) in [6.07, 6.45) is 2.96. The Hall–Kier alpha value is -0.690. The Kier molecular flexibility index (Phi) is 11.3. The third-order valence-corrected chi connectivity index (χ3v) is 6.80. The minimum Gasteiger partial charge on any atom is -0.390 e. The van der Waals surface area contributed by atoms with E-state index in [0.29, 0.717) is 19.4 Å². The van der Waals surface area contributed by atoms with Crippen LogP contribution in [0.25, 0.3) is 0 Å². The topological polar surface area (TPSA) is 88.0 Å². The molecule has 6 atom stereocenters. The first-order valence-corrected chi connectivity index (χ1v) is 13.5. The lowest BCUT2D eigenvalue weighted by atomic mass is 9.85. The van der Waals surface area contributed by atoms with E-state index in [1.165, 1.54) is 0 Å². The van der Waals surface area contributed by atoms with E-state index < -0.39 is 6.10 Å². The third kappa shape index (κ3) is 12.4. The van der Waals surface area contributed by atoms with Crippen LogP contribution in [0, 0.1) is 21.7 Å². The third-order valence-electron chi connectivity index (χ3n) is 6.80. The fourth-order valence-electron chi connectivity index (χ4n) is 4.34. The molecule has 0 radical (unpaired) electrons. The van der Waals surface area contributed by atoms with Gasteiger partial charge in [-0.3, -0.25) is 4.79 Å². The van der Waals surface area contributed by atoms with Crippen LogP contribution in [0.4, 0.5) is 0 Å². The largest absolute Gasteiger partial charge is 0.390 e. The van der Waals surface area contributed by atoms with Crippen LogP contribution < -0.4 is 5.32 Å². The van der Waals surface area contributed by atoms with Gasteiger partial charge < -0.3 is 25.0 Å². The number of aliphatic hydroxyl groups is 2. The maximum absolute atomic E-state index is 11.8. The molecule has 208 valence electrons. The van der Waals surface area contributed by atoms with Gasteiger partial charge in [-0.25, -0.2) is 0 Å². The molecule has 6 nitrogen and oxygen atoms in total. The highest BCUT2D eigenvalue weighted by atomic mass is 16.5. The summed E-state index contributed by atoms with van der Waals surface area (Å²) in [5, 5.41) is 22.9. The lowest BCUT2D eigenvalue weighted by Gasteiger charge is -2.28. The maximum atomic E-state index is 11.8. The normalized spacial score (nSPS) is 30.1. The second kappa shape index (κ2) is 12.2. The summed E-state index contributed by atoms with van der Waals surface area (Å²) in [6.45, 7) is 26.2. The summed E-state index contributed by atoms with van der Waals surface area (Å²) in [5.74, 6) is 0.0370. The van der Waals surface area contributed by atoms with Crippen molar-refractivity contribution in [3.8, 4) is 0 Å². The maximum Gasteiger partial charge on any atom is 0.220 e. The molecule has 2 heterocycles. The van der Waals surface area contributed by atoms with Gasteiger partial charge in [0.2, 0.25) is 5.91 Å². The van der Waals surface area contributed by atoms with Gasteiger partial charge in [-0.2, -0.15) is 0 Å². The van der Waals surface area contributed by atoms with Gasteiger partial charge in [-0.05, 0) is 34.5 Å². The van der Waals surface area contributed by atoms with E-state index in [2.05, 4.69) is 88.4 Å². The monoisotopic (exact) mass is 499 g/mol. The Labute approximate surface area is 215 Å². The zero-order valence-electron chi connectivity index (χ0n) is 24.8. The van der Waals surface area contributed by atoms with Crippen LogP contribution in [-0.4, -0.2) is 59.3 Å². The van der Waals surface area contributed by atoms with Gasteiger partial charge in [0.25, 0.3) is 0 Å². The number of nitrogens with one attached hydrogen (secondary N) is 1. The van der Waals surface area contributed by atoms with Gasteiger partial charge in [0, 0.05) is 25.8 Å². The van der Waals surface area contributed by atoms with Gasteiger partial charge in [0.05, 0.1) is 30.5 Å². The standard InChI is InChI=1S/C16H31NO3.C13H26O2/c1-15(2,3)8-7-14(19)17-10-12-11(18)9-13(20-12)16(4,5)6;1-12(2,3)8-10-9(14)7-11(15-10)13(4,5)6/h11-13,18H,7-10H2,1-6H3,(H,17,19);9-11,14H,7-8H2,1-6H3. The molecule has 0 aromatic rings. The fourth-order valence-corrected chi connectivity index (χ4v) is 4.34. The number of hydrogen-bond acceptors (Lipinski definition) is 5. The number of ether oxygens (including phenoxy) is 2. The predicted molar refractivity (Wildman–Crippen MR) is 143 cm³/mol. The van der Waals surface area contributed by atoms with Crippen molar-refractivity contribution in [2.24, 2.45) is 21.7 Å². The minimum absolute atomic E-state index is 0.0198.